The topological polar surface area (TPSA) is 51.2 Å². The number of nitrogens with zero attached hydrogens (tertiary/aromatic N) is 2. The lowest BCUT2D eigenvalue weighted by atomic mass is 10.3. The zero-order chi connectivity index (χ0) is 10.1. The van der Waals surface area contributed by atoms with E-state index in [1.165, 1.54) is 0 Å². The van der Waals surface area contributed by atoms with Crippen molar-refractivity contribution in [2.24, 2.45) is 7.05 Å². The highest BCUT2D eigenvalue weighted by molar-refractivity contribution is 5.51. The van der Waals surface area contributed by atoms with Gasteiger partial charge in [-0.3, -0.25) is 4.68 Å². The lowest BCUT2D eigenvalue weighted by Crippen LogP contribution is -1.87. The number of hydrogen-bond donors (Lipinski definition) is 1. The zero-order valence-electron chi connectivity index (χ0n) is 8.14. The van der Waals surface area contributed by atoms with E-state index in [1.54, 1.807) is 17.7 Å². The molecule has 0 saturated heterocycles. The van der Waals surface area contributed by atoms with Crippen molar-refractivity contribution in [1.29, 1.82) is 0 Å². The summed E-state index contributed by atoms with van der Waals surface area (Å²) in [6, 6.07) is 5.43. The predicted molar refractivity (Wildman–Crippen MR) is 51.5 cm³/mol. The Balaban J connectivity index is 2.33. The van der Waals surface area contributed by atoms with Crippen molar-refractivity contribution in [1.82, 2.24) is 9.78 Å². The molecule has 0 aliphatic heterocycles. The molecule has 0 fully saturated rings. The Morgan fingerprint density at radius 3 is 2.71 bits per heavy atom. The Labute approximate surface area is 81.8 Å². The zero-order valence-corrected chi connectivity index (χ0v) is 8.14. The molecule has 1 unspecified atom stereocenters. The highest BCUT2D eigenvalue weighted by Crippen LogP contribution is 2.23. The summed E-state index contributed by atoms with van der Waals surface area (Å²) < 4.78 is 7.13. The molecule has 0 aliphatic rings. The molecule has 4 nitrogen and oxygen atoms in total. The molecular formula is C10H12N2O2. The van der Waals surface area contributed by atoms with E-state index < -0.39 is 6.10 Å². The second-order valence-corrected chi connectivity index (χ2v) is 3.25. The summed E-state index contributed by atoms with van der Waals surface area (Å²) in [6.07, 6.45) is 1.27. The third kappa shape index (κ3) is 1.56. The standard InChI is InChI=1S/C10H12N2O2/c1-7(13)9-3-4-10(14-9)8-5-6-12(2)11-8/h3-7,13H,1-2H3. The normalized spacial score (nSPS) is 13.1. The van der Waals surface area contributed by atoms with E-state index in [1.807, 2.05) is 25.4 Å². The van der Waals surface area contributed by atoms with Crippen LogP contribution >= 0.6 is 0 Å². The van der Waals surface area contributed by atoms with E-state index in [4.69, 9.17) is 4.42 Å². The first-order valence-corrected chi connectivity index (χ1v) is 4.44. The third-order valence-corrected chi connectivity index (χ3v) is 2.00. The first-order chi connectivity index (χ1) is 6.66. The van der Waals surface area contributed by atoms with E-state index >= 15 is 0 Å². The number of aromatic nitrogens is 2. The van der Waals surface area contributed by atoms with Crippen LogP contribution in [0.15, 0.2) is 28.8 Å². The number of aliphatic hydroxyl groups excluding tert-OH is 1. The average molecular weight is 192 g/mol. The van der Waals surface area contributed by atoms with Crippen LogP contribution in [0.4, 0.5) is 0 Å². The molecule has 2 rings (SSSR count). The summed E-state index contributed by atoms with van der Waals surface area (Å²) in [5.41, 5.74) is 0.777. The van der Waals surface area contributed by atoms with Gasteiger partial charge in [0.1, 0.15) is 17.6 Å². The number of furan rings is 1. The van der Waals surface area contributed by atoms with Crippen LogP contribution in [-0.4, -0.2) is 14.9 Å². The predicted octanol–water partition coefficient (Wildman–Crippen LogP) is 1.73. The van der Waals surface area contributed by atoms with Crippen molar-refractivity contribution in [3.05, 3.63) is 30.2 Å². The van der Waals surface area contributed by atoms with Crippen molar-refractivity contribution < 1.29 is 9.52 Å². The van der Waals surface area contributed by atoms with Gasteiger partial charge in [-0.2, -0.15) is 5.10 Å². The summed E-state index contributed by atoms with van der Waals surface area (Å²) in [5.74, 6) is 1.24. The van der Waals surface area contributed by atoms with Gasteiger partial charge in [0.05, 0.1) is 0 Å². The Morgan fingerprint density at radius 2 is 2.21 bits per heavy atom. The molecule has 4 heteroatoms. The molecule has 0 spiro atoms. The maximum Gasteiger partial charge on any atom is 0.154 e. The Kier molecular flexibility index (Phi) is 2.13. The fourth-order valence-electron chi connectivity index (χ4n) is 1.26. The molecule has 0 radical (unpaired) electrons. The van der Waals surface area contributed by atoms with E-state index in [-0.39, 0.29) is 0 Å². The van der Waals surface area contributed by atoms with Gasteiger partial charge >= 0.3 is 0 Å². The fourth-order valence-corrected chi connectivity index (χ4v) is 1.26. The summed E-state index contributed by atoms with van der Waals surface area (Å²) >= 11 is 0. The van der Waals surface area contributed by atoms with E-state index in [2.05, 4.69) is 5.10 Å². The van der Waals surface area contributed by atoms with Crippen LogP contribution in [0.1, 0.15) is 18.8 Å². The Hall–Kier alpha value is -1.55. The molecular weight excluding hydrogens is 180 g/mol. The smallest absolute Gasteiger partial charge is 0.154 e. The molecule has 1 atom stereocenters. The third-order valence-electron chi connectivity index (χ3n) is 2.00. The number of aryl methyl sites for hydroxylation is 1. The van der Waals surface area contributed by atoms with Gasteiger partial charge in [-0.25, -0.2) is 0 Å². The highest BCUT2D eigenvalue weighted by Gasteiger charge is 2.09. The van der Waals surface area contributed by atoms with Crippen molar-refractivity contribution in [3.8, 4) is 11.5 Å². The van der Waals surface area contributed by atoms with Crippen molar-refractivity contribution >= 4 is 0 Å². The SMILES string of the molecule is CC(O)c1ccc(-c2ccn(C)n2)o1. The molecule has 0 amide bonds. The molecule has 2 aromatic rings. The van der Waals surface area contributed by atoms with Gasteiger partial charge in [0.15, 0.2) is 5.76 Å². The minimum Gasteiger partial charge on any atom is -0.457 e. The molecule has 1 N–H and O–H groups in total. The minimum absolute atomic E-state index is 0.561. The molecule has 0 bridgehead atoms. The van der Waals surface area contributed by atoms with Gasteiger partial charge in [0, 0.05) is 13.2 Å². The van der Waals surface area contributed by atoms with E-state index in [0.717, 1.165) is 5.69 Å². The molecule has 0 saturated carbocycles. The summed E-state index contributed by atoms with van der Waals surface area (Å²) in [6.45, 7) is 1.67. The van der Waals surface area contributed by atoms with Gasteiger partial charge in [-0.05, 0) is 25.1 Å². The van der Waals surface area contributed by atoms with Crippen molar-refractivity contribution in [3.63, 3.8) is 0 Å². The van der Waals surface area contributed by atoms with E-state index in [0.29, 0.717) is 11.5 Å². The van der Waals surface area contributed by atoms with Gasteiger partial charge in [-0.15, -0.1) is 0 Å². The van der Waals surface area contributed by atoms with Crippen LogP contribution < -0.4 is 0 Å². The lowest BCUT2D eigenvalue weighted by Gasteiger charge is -1.97. The Morgan fingerprint density at radius 1 is 1.43 bits per heavy atom. The molecule has 2 aromatic heterocycles. The first kappa shape index (κ1) is 9.02. The largest absolute Gasteiger partial charge is 0.457 e. The number of rotatable bonds is 2. The van der Waals surface area contributed by atoms with Gasteiger partial charge in [0.2, 0.25) is 0 Å². The summed E-state index contributed by atoms with van der Waals surface area (Å²) in [5, 5.41) is 13.5. The highest BCUT2D eigenvalue weighted by atomic mass is 16.4. The molecule has 74 valence electrons. The fraction of sp³-hybridized carbons (Fsp3) is 0.300. The summed E-state index contributed by atoms with van der Waals surface area (Å²) in [7, 11) is 1.85. The van der Waals surface area contributed by atoms with E-state index in [9.17, 15) is 5.11 Å². The summed E-state index contributed by atoms with van der Waals surface area (Å²) in [4.78, 5) is 0. The quantitative estimate of drug-likeness (QED) is 0.788. The maximum atomic E-state index is 9.27. The molecule has 2 heterocycles. The van der Waals surface area contributed by atoms with Gasteiger partial charge in [-0.1, -0.05) is 0 Å². The number of hydrogen-bond acceptors (Lipinski definition) is 3. The van der Waals surface area contributed by atoms with Crippen LogP contribution in [0.25, 0.3) is 11.5 Å². The molecule has 0 aliphatic carbocycles. The first-order valence-electron chi connectivity index (χ1n) is 4.44. The second kappa shape index (κ2) is 3.31. The van der Waals surface area contributed by atoms with Gasteiger partial charge < -0.3 is 9.52 Å². The van der Waals surface area contributed by atoms with Crippen LogP contribution in [0.5, 0.6) is 0 Å². The van der Waals surface area contributed by atoms with Crippen molar-refractivity contribution in [2.45, 2.75) is 13.0 Å². The van der Waals surface area contributed by atoms with Crippen molar-refractivity contribution in [2.75, 3.05) is 0 Å². The average Bonchev–Trinajstić information content (AvgIpc) is 2.70. The number of aliphatic hydroxyl groups is 1. The monoisotopic (exact) mass is 192 g/mol. The van der Waals surface area contributed by atoms with Crippen LogP contribution in [0.3, 0.4) is 0 Å². The lowest BCUT2D eigenvalue weighted by molar-refractivity contribution is 0.170. The molecule has 0 aromatic carbocycles. The second-order valence-electron chi connectivity index (χ2n) is 3.25. The Bertz CT molecular complexity index is 429. The molecule has 14 heavy (non-hydrogen) atoms. The van der Waals surface area contributed by atoms with Crippen LogP contribution in [0.2, 0.25) is 0 Å². The van der Waals surface area contributed by atoms with Crippen LogP contribution in [0, 0.1) is 0 Å². The van der Waals surface area contributed by atoms with Crippen LogP contribution in [-0.2, 0) is 7.05 Å². The maximum absolute atomic E-state index is 9.27. The van der Waals surface area contributed by atoms with Gasteiger partial charge in [0.25, 0.3) is 0 Å². The minimum atomic E-state index is -0.576.